The van der Waals surface area contributed by atoms with Crippen molar-refractivity contribution in [3.8, 4) is 5.75 Å². The SMILES string of the molecule is COc1ccc2[nH]c3c(c2c1)CCN1C(=O)N([C@@H](C)C(=O)N[C@H]2CCCC[C@@H]2C)C(=O)[C@]31C. The number of carbonyl (C=O) groups excluding carboxylic acids is 3. The van der Waals surface area contributed by atoms with E-state index >= 15 is 0 Å². The van der Waals surface area contributed by atoms with E-state index in [1.807, 2.05) is 18.2 Å². The fourth-order valence-corrected chi connectivity index (χ4v) is 5.86. The van der Waals surface area contributed by atoms with Crippen LogP contribution in [0.4, 0.5) is 4.79 Å². The van der Waals surface area contributed by atoms with E-state index < -0.39 is 17.6 Å². The van der Waals surface area contributed by atoms with Crippen molar-refractivity contribution in [2.45, 2.75) is 70.5 Å². The lowest BCUT2D eigenvalue weighted by molar-refractivity contribution is -0.139. The van der Waals surface area contributed by atoms with Gasteiger partial charge in [0, 0.05) is 23.5 Å². The number of urea groups is 1. The molecule has 4 amide bonds. The monoisotopic (exact) mass is 452 g/mol. The van der Waals surface area contributed by atoms with Crippen molar-refractivity contribution in [3.05, 3.63) is 29.5 Å². The molecule has 0 unspecified atom stereocenters. The number of amides is 4. The molecule has 2 aromatic rings. The van der Waals surface area contributed by atoms with Crippen LogP contribution in [0.1, 0.15) is 57.7 Å². The van der Waals surface area contributed by atoms with Gasteiger partial charge < -0.3 is 19.9 Å². The van der Waals surface area contributed by atoms with Crippen molar-refractivity contribution in [1.82, 2.24) is 20.1 Å². The third kappa shape index (κ3) is 3.14. The van der Waals surface area contributed by atoms with E-state index in [0.717, 1.165) is 52.1 Å². The molecule has 8 nitrogen and oxygen atoms in total. The first-order chi connectivity index (χ1) is 15.8. The largest absolute Gasteiger partial charge is 0.497 e. The van der Waals surface area contributed by atoms with Gasteiger partial charge in [0.05, 0.1) is 12.8 Å². The van der Waals surface area contributed by atoms with Gasteiger partial charge in [0.1, 0.15) is 11.8 Å². The van der Waals surface area contributed by atoms with Gasteiger partial charge in [0.25, 0.3) is 5.91 Å². The third-order valence-corrected chi connectivity index (χ3v) is 8.00. The van der Waals surface area contributed by atoms with E-state index in [2.05, 4.69) is 17.2 Å². The van der Waals surface area contributed by atoms with E-state index in [4.69, 9.17) is 4.74 Å². The van der Waals surface area contributed by atoms with Crippen LogP contribution >= 0.6 is 0 Å². The van der Waals surface area contributed by atoms with Gasteiger partial charge in [-0.2, -0.15) is 0 Å². The number of imide groups is 1. The highest BCUT2D eigenvalue weighted by molar-refractivity contribution is 6.11. The molecule has 0 bridgehead atoms. The maximum Gasteiger partial charge on any atom is 0.328 e. The second kappa shape index (κ2) is 7.78. The summed E-state index contributed by atoms with van der Waals surface area (Å²) in [7, 11) is 1.63. The van der Waals surface area contributed by atoms with E-state index in [0.29, 0.717) is 18.9 Å². The molecule has 3 heterocycles. The summed E-state index contributed by atoms with van der Waals surface area (Å²) in [6.45, 7) is 6.00. The first kappa shape index (κ1) is 21.8. The minimum atomic E-state index is -1.16. The highest BCUT2D eigenvalue weighted by Gasteiger charge is 2.60. The van der Waals surface area contributed by atoms with Crippen LogP contribution in [0, 0.1) is 5.92 Å². The summed E-state index contributed by atoms with van der Waals surface area (Å²) >= 11 is 0. The maximum atomic E-state index is 13.8. The summed E-state index contributed by atoms with van der Waals surface area (Å²) in [5.41, 5.74) is 1.49. The lowest BCUT2D eigenvalue weighted by Gasteiger charge is -2.36. The Balaban J connectivity index is 1.46. The Morgan fingerprint density at radius 2 is 2.03 bits per heavy atom. The van der Waals surface area contributed by atoms with Crippen LogP contribution in [0.3, 0.4) is 0 Å². The molecule has 1 aromatic heterocycles. The van der Waals surface area contributed by atoms with E-state index in [1.165, 1.54) is 6.42 Å². The molecular weight excluding hydrogens is 420 g/mol. The van der Waals surface area contributed by atoms with Crippen LogP contribution in [0.5, 0.6) is 5.75 Å². The number of fused-ring (bicyclic) bond motifs is 5. The molecule has 1 saturated heterocycles. The molecular formula is C25H32N4O4. The second-order valence-electron chi connectivity index (χ2n) is 9.87. The fraction of sp³-hybridized carbons (Fsp3) is 0.560. The van der Waals surface area contributed by atoms with Crippen LogP contribution in [0.2, 0.25) is 0 Å². The maximum absolute atomic E-state index is 13.8. The van der Waals surface area contributed by atoms with Crippen molar-refractivity contribution >= 4 is 28.7 Å². The number of aromatic nitrogens is 1. The van der Waals surface area contributed by atoms with E-state index in [-0.39, 0.29) is 17.9 Å². The number of aromatic amines is 1. The summed E-state index contributed by atoms with van der Waals surface area (Å²) in [5.74, 6) is 0.524. The number of H-pyrrole nitrogens is 1. The normalized spacial score (nSPS) is 28.0. The number of hydrogen-bond donors (Lipinski definition) is 2. The molecule has 8 heteroatoms. The van der Waals surface area contributed by atoms with Crippen molar-refractivity contribution in [2.24, 2.45) is 5.92 Å². The minimum absolute atomic E-state index is 0.0926. The van der Waals surface area contributed by atoms with Gasteiger partial charge in [-0.1, -0.05) is 19.8 Å². The Labute approximate surface area is 193 Å². The molecule has 2 N–H and O–H groups in total. The number of benzene rings is 1. The van der Waals surface area contributed by atoms with Crippen molar-refractivity contribution in [2.75, 3.05) is 13.7 Å². The number of nitrogens with zero attached hydrogens (tertiary/aromatic N) is 2. The van der Waals surface area contributed by atoms with Crippen molar-refractivity contribution in [3.63, 3.8) is 0 Å². The average Bonchev–Trinajstić information content (AvgIpc) is 3.28. The summed E-state index contributed by atoms with van der Waals surface area (Å²) in [6, 6.07) is 4.59. The number of methoxy groups -OCH3 is 1. The fourth-order valence-electron chi connectivity index (χ4n) is 5.86. The van der Waals surface area contributed by atoms with Crippen LogP contribution in [-0.4, -0.2) is 58.4 Å². The van der Waals surface area contributed by atoms with Gasteiger partial charge in [0.15, 0.2) is 5.54 Å². The molecule has 2 aliphatic heterocycles. The van der Waals surface area contributed by atoms with Crippen molar-refractivity contribution in [1.29, 1.82) is 0 Å². The summed E-state index contributed by atoms with van der Waals surface area (Å²) in [6.07, 6.45) is 4.92. The summed E-state index contributed by atoms with van der Waals surface area (Å²) in [5, 5.41) is 4.11. The van der Waals surface area contributed by atoms with Crippen LogP contribution in [-0.2, 0) is 21.5 Å². The smallest absolute Gasteiger partial charge is 0.328 e. The molecule has 5 rings (SSSR count). The van der Waals surface area contributed by atoms with Crippen molar-refractivity contribution < 1.29 is 19.1 Å². The van der Waals surface area contributed by atoms with Gasteiger partial charge in [-0.15, -0.1) is 0 Å². The molecule has 1 aromatic carbocycles. The van der Waals surface area contributed by atoms with Crippen LogP contribution in [0.15, 0.2) is 18.2 Å². The summed E-state index contributed by atoms with van der Waals surface area (Å²) < 4.78 is 5.38. The molecule has 3 aliphatic rings. The zero-order chi connectivity index (χ0) is 23.5. The molecule has 4 atom stereocenters. The minimum Gasteiger partial charge on any atom is -0.497 e. The number of hydrogen-bond acceptors (Lipinski definition) is 4. The van der Waals surface area contributed by atoms with Gasteiger partial charge >= 0.3 is 6.03 Å². The van der Waals surface area contributed by atoms with Gasteiger partial charge in [0.2, 0.25) is 5.91 Å². The van der Waals surface area contributed by atoms with Gasteiger partial charge in [-0.05, 0) is 62.8 Å². The molecule has 0 spiro atoms. The Hall–Kier alpha value is -3.03. The predicted molar refractivity (Wildman–Crippen MR) is 124 cm³/mol. The highest BCUT2D eigenvalue weighted by atomic mass is 16.5. The number of ether oxygens (including phenoxy) is 1. The zero-order valence-corrected chi connectivity index (χ0v) is 19.7. The lowest BCUT2D eigenvalue weighted by Crippen LogP contribution is -2.52. The quantitative estimate of drug-likeness (QED) is 0.696. The van der Waals surface area contributed by atoms with E-state index in [9.17, 15) is 14.4 Å². The topological polar surface area (TPSA) is 94.7 Å². The Morgan fingerprint density at radius 3 is 2.76 bits per heavy atom. The first-order valence-electron chi connectivity index (χ1n) is 11.9. The third-order valence-electron chi connectivity index (χ3n) is 8.00. The molecule has 176 valence electrons. The Bertz CT molecular complexity index is 1140. The van der Waals surface area contributed by atoms with Crippen LogP contribution < -0.4 is 10.1 Å². The average molecular weight is 453 g/mol. The number of carbonyl (C=O) groups is 3. The van der Waals surface area contributed by atoms with E-state index in [1.54, 1.807) is 25.9 Å². The lowest BCUT2D eigenvalue weighted by atomic mass is 9.85. The first-order valence-corrected chi connectivity index (χ1v) is 11.9. The predicted octanol–water partition coefficient (Wildman–Crippen LogP) is 3.30. The zero-order valence-electron chi connectivity index (χ0n) is 19.7. The molecule has 1 saturated carbocycles. The molecule has 2 fully saturated rings. The number of rotatable bonds is 4. The molecule has 0 radical (unpaired) electrons. The Morgan fingerprint density at radius 1 is 1.27 bits per heavy atom. The van der Waals surface area contributed by atoms with Gasteiger partial charge in [-0.3, -0.25) is 9.59 Å². The number of nitrogens with one attached hydrogen (secondary N) is 2. The highest BCUT2D eigenvalue weighted by Crippen LogP contribution is 2.45. The van der Waals surface area contributed by atoms with Crippen LogP contribution in [0.25, 0.3) is 10.9 Å². The van der Waals surface area contributed by atoms with Gasteiger partial charge in [-0.25, -0.2) is 9.69 Å². The summed E-state index contributed by atoms with van der Waals surface area (Å²) in [4.78, 5) is 46.4. The molecule has 33 heavy (non-hydrogen) atoms. The molecule has 1 aliphatic carbocycles. The second-order valence-corrected chi connectivity index (χ2v) is 9.87. The Kier molecular flexibility index (Phi) is 5.14. The standard InChI is InChI=1S/C25H32N4O4/c1-14-7-5-6-8-19(14)27-22(30)15(2)29-23(31)25(3)21-17(11-12-28(25)24(29)32)18-13-16(33-4)9-10-20(18)26-21/h9-10,13-15,19,26H,5-8,11-12H2,1-4H3,(H,27,30)/t14-,15-,19-,25-/m0/s1.